The van der Waals surface area contributed by atoms with Gasteiger partial charge in [-0.2, -0.15) is 0 Å². The van der Waals surface area contributed by atoms with E-state index < -0.39 is 17.8 Å². The quantitative estimate of drug-likeness (QED) is 0.379. The molecular formula is C24H18N2O4. The number of carbonyl (C=O) groups excluding carboxylic acids is 3. The predicted octanol–water partition coefficient (Wildman–Crippen LogP) is 4.05. The highest BCUT2D eigenvalue weighted by Gasteiger charge is 2.39. The SMILES string of the molecule is Cc1ccc(C(=O)ON=C2C(=O)N(C(=O)c3ccc(C)cc3)c3ccccc32)cc1. The number of hydrogen-bond donors (Lipinski definition) is 0. The molecule has 0 atom stereocenters. The lowest BCUT2D eigenvalue weighted by molar-refractivity contribution is -0.111. The molecule has 4 rings (SSSR count). The number of amides is 2. The van der Waals surface area contributed by atoms with Gasteiger partial charge in [-0.25, -0.2) is 9.69 Å². The second kappa shape index (κ2) is 7.75. The molecule has 1 heterocycles. The first-order chi connectivity index (χ1) is 14.5. The number of carbonyl (C=O) groups is 3. The Hall–Kier alpha value is -4.06. The molecule has 6 heteroatoms. The summed E-state index contributed by atoms with van der Waals surface area (Å²) in [6, 6.07) is 20.5. The Labute approximate surface area is 173 Å². The van der Waals surface area contributed by atoms with E-state index in [1.807, 2.05) is 13.8 Å². The standard InChI is InChI=1S/C24H18N2O4/c1-15-7-11-17(12-8-15)22(27)26-20-6-4-3-5-19(20)21(23(26)28)25-30-24(29)18-13-9-16(2)10-14-18/h3-14H,1-2H3. The topological polar surface area (TPSA) is 76.0 Å². The van der Waals surface area contributed by atoms with Crippen LogP contribution in [0.25, 0.3) is 0 Å². The summed E-state index contributed by atoms with van der Waals surface area (Å²) in [6.45, 7) is 3.82. The zero-order valence-corrected chi connectivity index (χ0v) is 16.5. The van der Waals surface area contributed by atoms with Crippen molar-refractivity contribution in [3.8, 4) is 0 Å². The minimum Gasteiger partial charge on any atom is -0.312 e. The highest BCUT2D eigenvalue weighted by atomic mass is 16.7. The molecule has 0 N–H and O–H groups in total. The van der Waals surface area contributed by atoms with Crippen LogP contribution < -0.4 is 4.90 Å². The maximum Gasteiger partial charge on any atom is 0.365 e. The number of anilines is 1. The van der Waals surface area contributed by atoms with Crippen LogP contribution in [0.5, 0.6) is 0 Å². The summed E-state index contributed by atoms with van der Waals surface area (Å²) in [4.78, 5) is 44.4. The summed E-state index contributed by atoms with van der Waals surface area (Å²) in [7, 11) is 0. The number of rotatable bonds is 3. The second-order valence-corrected chi connectivity index (χ2v) is 7.01. The van der Waals surface area contributed by atoms with Crippen molar-refractivity contribution in [1.29, 1.82) is 0 Å². The Morgan fingerprint density at radius 2 is 1.37 bits per heavy atom. The molecule has 3 aromatic rings. The number of hydrogen-bond acceptors (Lipinski definition) is 5. The van der Waals surface area contributed by atoms with Crippen molar-refractivity contribution in [3.05, 3.63) is 101 Å². The number of oxime groups is 1. The molecule has 0 saturated carbocycles. The van der Waals surface area contributed by atoms with Gasteiger partial charge in [0.25, 0.3) is 11.8 Å². The number of benzene rings is 3. The molecule has 148 valence electrons. The number of aryl methyl sites for hydroxylation is 2. The van der Waals surface area contributed by atoms with Crippen molar-refractivity contribution in [2.75, 3.05) is 4.90 Å². The lowest BCUT2D eigenvalue weighted by Crippen LogP contribution is -2.36. The zero-order valence-electron chi connectivity index (χ0n) is 16.5. The van der Waals surface area contributed by atoms with Crippen LogP contribution in [0.15, 0.2) is 78.0 Å². The number of para-hydroxylation sites is 1. The fourth-order valence-corrected chi connectivity index (χ4v) is 3.14. The molecule has 1 aliphatic rings. The monoisotopic (exact) mass is 398 g/mol. The van der Waals surface area contributed by atoms with Crippen LogP contribution in [0.2, 0.25) is 0 Å². The highest BCUT2D eigenvalue weighted by molar-refractivity contribution is 6.58. The zero-order chi connectivity index (χ0) is 21.3. The van der Waals surface area contributed by atoms with Crippen LogP contribution in [0.3, 0.4) is 0 Å². The maximum atomic E-state index is 13.0. The van der Waals surface area contributed by atoms with Crippen LogP contribution in [0.4, 0.5) is 5.69 Å². The van der Waals surface area contributed by atoms with Crippen molar-refractivity contribution in [2.45, 2.75) is 13.8 Å². The van der Waals surface area contributed by atoms with Gasteiger partial charge in [0, 0.05) is 11.1 Å². The lowest BCUT2D eigenvalue weighted by atomic mass is 10.1. The van der Waals surface area contributed by atoms with Gasteiger partial charge >= 0.3 is 5.97 Å². The first-order valence-corrected chi connectivity index (χ1v) is 9.36. The average molecular weight is 398 g/mol. The van der Waals surface area contributed by atoms with Crippen molar-refractivity contribution in [1.82, 2.24) is 0 Å². The smallest absolute Gasteiger partial charge is 0.312 e. The summed E-state index contributed by atoms with van der Waals surface area (Å²) in [5, 5.41) is 3.81. The van der Waals surface area contributed by atoms with Crippen LogP contribution in [0, 0.1) is 13.8 Å². The van der Waals surface area contributed by atoms with E-state index >= 15 is 0 Å². The molecule has 0 aromatic heterocycles. The van der Waals surface area contributed by atoms with E-state index in [1.54, 1.807) is 72.8 Å². The van der Waals surface area contributed by atoms with Crippen molar-refractivity contribution >= 4 is 29.2 Å². The molecule has 30 heavy (non-hydrogen) atoms. The van der Waals surface area contributed by atoms with Gasteiger partial charge in [-0.05, 0) is 44.2 Å². The maximum absolute atomic E-state index is 13.0. The summed E-state index contributed by atoms with van der Waals surface area (Å²) in [5.74, 6) is -1.79. The Morgan fingerprint density at radius 3 is 2.00 bits per heavy atom. The highest BCUT2D eigenvalue weighted by Crippen LogP contribution is 2.30. The van der Waals surface area contributed by atoms with E-state index in [4.69, 9.17) is 4.84 Å². The molecule has 0 saturated heterocycles. The largest absolute Gasteiger partial charge is 0.365 e. The molecule has 0 radical (unpaired) electrons. The lowest BCUT2D eigenvalue weighted by Gasteiger charge is -2.14. The van der Waals surface area contributed by atoms with E-state index in [9.17, 15) is 14.4 Å². The molecule has 3 aromatic carbocycles. The third-order valence-corrected chi connectivity index (χ3v) is 4.81. The van der Waals surface area contributed by atoms with Crippen molar-refractivity contribution in [2.24, 2.45) is 5.16 Å². The molecule has 1 aliphatic heterocycles. The van der Waals surface area contributed by atoms with Gasteiger partial charge in [0.1, 0.15) is 0 Å². The third-order valence-electron chi connectivity index (χ3n) is 4.81. The van der Waals surface area contributed by atoms with Crippen molar-refractivity contribution < 1.29 is 19.2 Å². The molecule has 0 spiro atoms. The van der Waals surface area contributed by atoms with Crippen LogP contribution in [0.1, 0.15) is 37.4 Å². The van der Waals surface area contributed by atoms with Crippen molar-refractivity contribution in [3.63, 3.8) is 0 Å². The fraction of sp³-hybridized carbons (Fsp3) is 0.0833. The number of fused-ring (bicyclic) bond motifs is 1. The Kier molecular flexibility index (Phi) is 4.98. The van der Waals surface area contributed by atoms with E-state index in [2.05, 4.69) is 5.16 Å². The molecule has 0 unspecified atom stereocenters. The van der Waals surface area contributed by atoms with Crippen LogP contribution in [-0.2, 0) is 9.63 Å². The Bertz CT molecular complexity index is 1180. The second-order valence-electron chi connectivity index (χ2n) is 7.01. The van der Waals surface area contributed by atoms with E-state index in [-0.39, 0.29) is 5.71 Å². The first-order valence-electron chi connectivity index (χ1n) is 9.36. The molecule has 2 amide bonds. The number of nitrogens with zero attached hydrogens (tertiary/aromatic N) is 2. The van der Waals surface area contributed by atoms with E-state index in [0.717, 1.165) is 16.0 Å². The van der Waals surface area contributed by atoms with Crippen LogP contribution in [-0.4, -0.2) is 23.5 Å². The number of imide groups is 1. The van der Waals surface area contributed by atoms with E-state index in [0.29, 0.717) is 22.4 Å². The minimum atomic E-state index is -0.684. The van der Waals surface area contributed by atoms with E-state index in [1.165, 1.54) is 0 Å². The molecule has 0 bridgehead atoms. The average Bonchev–Trinajstić information content (AvgIpc) is 3.03. The molecular weight excluding hydrogens is 380 g/mol. The summed E-state index contributed by atoms with van der Waals surface area (Å²) in [5.41, 5.74) is 3.44. The van der Waals surface area contributed by atoms with Gasteiger partial charge < -0.3 is 4.84 Å². The first kappa shape index (κ1) is 19.3. The predicted molar refractivity (Wildman–Crippen MR) is 113 cm³/mol. The van der Waals surface area contributed by atoms with Gasteiger partial charge in [-0.15, -0.1) is 0 Å². The van der Waals surface area contributed by atoms with Gasteiger partial charge in [-0.3, -0.25) is 9.59 Å². The van der Waals surface area contributed by atoms with Crippen LogP contribution >= 0.6 is 0 Å². The molecule has 0 fully saturated rings. The summed E-state index contributed by atoms with van der Waals surface area (Å²) in [6.07, 6.45) is 0. The normalized spacial score (nSPS) is 14.0. The van der Waals surface area contributed by atoms with Gasteiger partial charge in [0.15, 0.2) is 5.71 Å². The fourth-order valence-electron chi connectivity index (χ4n) is 3.14. The van der Waals surface area contributed by atoms with Gasteiger partial charge in [0.2, 0.25) is 0 Å². The Balaban J connectivity index is 1.65. The molecule has 0 aliphatic carbocycles. The minimum absolute atomic E-state index is 0.0912. The third kappa shape index (κ3) is 3.51. The Morgan fingerprint density at radius 1 is 0.800 bits per heavy atom. The van der Waals surface area contributed by atoms with Gasteiger partial charge in [-0.1, -0.05) is 58.7 Å². The summed E-state index contributed by atoms with van der Waals surface area (Å²) < 4.78 is 0. The summed E-state index contributed by atoms with van der Waals surface area (Å²) >= 11 is 0. The van der Waals surface area contributed by atoms with Gasteiger partial charge in [0.05, 0.1) is 11.3 Å². The molecule has 6 nitrogen and oxygen atoms in total.